The largest absolute Gasteiger partial charge is 0.504 e. The van der Waals surface area contributed by atoms with Crippen molar-refractivity contribution in [3.8, 4) is 17.2 Å². The summed E-state index contributed by atoms with van der Waals surface area (Å²) in [6, 6.07) is 12.6. The number of thiophene rings is 1. The Morgan fingerprint density at radius 1 is 1.24 bits per heavy atom. The maximum absolute atomic E-state index is 13.8. The molecule has 2 aromatic heterocycles. The lowest BCUT2D eigenvalue weighted by atomic mass is 9.97. The molecule has 0 radical (unpaired) electrons. The van der Waals surface area contributed by atoms with Gasteiger partial charge >= 0.3 is 0 Å². The van der Waals surface area contributed by atoms with Crippen molar-refractivity contribution in [3.05, 3.63) is 74.4 Å². The molecule has 0 bridgehead atoms. The number of amides is 1. The predicted octanol–water partition coefficient (Wildman–Crippen LogP) is 4.98. The zero-order valence-electron chi connectivity index (χ0n) is 21.2. The van der Waals surface area contributed by atoms with Gasteiger partial charge in [-0.25, -0.2) is 10.4 Å². The zero-order valence-corrected chi connectivity index (χ0v) is 22.8. The molecule has 0 fully saturated rings. The van der Waals surface area contributed by atoms with Crippen LogP contribution in [0, 0.1) is 6.92 Å². The third kappa shape index (κ3) is 5.46. The average Bonchev–Trinajstić information content (AvgIpc) is 3.29. The Kier molecular flexibility index (Phi) is 7.80. The quantitative estimate of drug-likeness (QED) is 0.139. The van der Waals surface area contributed by atoms with Gasteiger partial charge in [0.2, 0.25) is 0 Å². The molecule has 2 aromatic carbocycles. The van der Waals surface area contributed by atoms with E-state index in [1.54, 1.807) is 28.0 Å². The Labute approximate surface area is 228 Å². The number of carbonyl (C=O) groups excluding carboxylic acids is 1. The molecule has 1 aliphatic carbocycles. The minimum atomic E-state index is -0.328. The van der Waals surface area contributed by atoms with Crippen LogP contribution in [0.2, 0.25) is 0 Å². The van der Waals surface area contributed by atoms with E-state index in [0.717, 1.165) is 47.3 Å². The number of benzene rings is 2. The van der Waals surface area contributed by atoms with Crippen LogP contribution in [-0.2, 0) is 17.6 Å². The fraction of sp³-hybridized carbons (Fsp3) is 0.286. The highest BCUT2D eigenvalue weighted by molar-refractivity contribution is 7.99. The highest BCUT2D eigenvalue weighted by Crippen LogP contribution is 2.35. The molecule has 2 N–H and O–H groups in total. The van der Waals surface area contributed by atoms with E-state index in [1.165, 1.54) is 28.9 Å². The molecule has 4 aromatic rings. The minimum absolute atomic E-state index is 0.0337. The number of hydrazone groups is 1. The number of ether oxygens (including phenoxy) is 1. The van der Waals surface area contributed by atoms with Crippen molar-refractivity contribution in [2.24, 2.45) is 5.10 Å². The first-order valence-corrected chi connectivity index (χ1v) is 14.3. The monoisotopic (exact) mass is 548 g/mol. The summed E-state index contributed by atoms with van der Waals surface area (Å²) < 4.78 is 7.00. The van der Waals surface area contributed by atoms with Crippen molar-refractivity contribution < 1.29 is 14.6 Å². The second-order valence-corrected chi connectivity index (χ2v) is 11.0. The fourth-order valence-electron chi connectivity index (χ4n) is 4.43. The normalized spacial score (nSPS) is 13.1. The number of nitrogens with one attached hydrogen (secondary N) is 1. The van der Waals surface area contributed by atoms with Crippen LogP contribution >= 0.6 is 23.1 Å². The Bertz CT molecular complexity index is 1570. The lowest BCUT2D eigenvalue weighted by Gasteiger charge is -2.13. The average molecular weight is 549 g/mol. The van der Waals surface area contributed by atoms with Crippen LogP contribution in [0.15, 0.2) is 57.5 Å². The van der Waals surface area contributed by atoms with Gasteiger partial charge in [-0.05, 0) is 81.0 Å². The number of aromatic hydroxyl groups is 1. The topological polar surface area (TPSA) is 106 Å². The summed E-state index contributed by atoms with van der Waals surface area (Å²) in [5, 5.41) is 15.1. The number of phenols is 1. The molecule has 1 amide bonds. The first-order valence-electron chi connectivity index (χ1n) is 12.5. The number of phenolic OH excluding ortho intramolecular Hbond substituents is 1. The molecule has 0 spiro atoms. The number of fused-ring (bicyclic) bond motifs is 3. The van der Waals surface area contributed by atoms with Crippen LogP contribution in [0.25, 0.3) is 15.9 Å². The van der Waals surface area contributed by atoms with E-state index in [0.29, 0.717) is 28.5 Å². The Morgan fingerprint density at radius 3 is 2.82 bits per heavy atom. The van der Waals surface area contributed by atoms with Gasteiger partial charge in [0.05, 0.1) is 29.6 Å². The Balaban J connectivity index is 1.38. The lowest BCUT2D eigenvalue weighted by molar-refractivity contribution is -0.118. The maximum atomic E-state index is 13.8. The number of thioether (sulfide) groups is 1. The van der Waals surface area contributed by atoms with Crippen molar-refractivity contribution in [1.82, 2.24) is 15.0 Å². The predicted molar refractivity (Wildman–Crippen MR) is 152 cm³/mol. The van der Waals surface area contributed by atoms with E-state index in [2.05, 4.69) is 10.5 Å². The van der Waals surface area contributed by atoms with Gasteiger partial charge in [0.25, 0.3) is 11.5 Å². The minimum Gasteiger partial charge on any atom is -0.504 e. The Hall–Kier alpha value is -3.63. The molecular weight excluding hydrogens is 520 g/mol. The van der Waals surface area contributed by atoms with Gasteiger partial charge in [-0.15, -0.1) is 11.3 Å². The fourth-order valence-corrected chi connectivity index (χ4v) is 6.54. The van der Waals surface area contributed by atoms with Crippen LogP contribution in [0.4, 0.5) is 0 Å². The van der Waals surface area contributed by atoms with Crippen LogP contribution in [-0.4, -0.2) is 39.1 Å². The first kappa shape index (κ1) is 26.0. The zero-order chi connectivity index (χ0) is 26.6. The second kappa shape index (κ2) is 11.4. The van der Waals surface area contributed by atoms with Gasteiger partial charge in [0.15, 0.2) is 16.7 Å². The summed E-state index contributed by atoms with van der Waals surface area (Å²) in [6.07, 6.45) is 5.58. The molecule has 196 valence electrons. The molecule has 0 unspecified atom stereocenters. The SMILES string of the molecule is CCOc1cc(C=NNC(=O)CSc2nc3sc4c(c3c(=O)n2-c2ccc(C)cc2)CCCC4)ccc1O. The summed E-state index contributed by atoms with van der Waals surface area (Å²) >= 11 is 2.80. The molecule has 0 saturated carbocycles. The van der Waals surface area contributed by atoms with Gasteiger partial charge in [-0.3, -0.25) is 14.2 Å². The summed E-state index contributed by atoms with van der Waals surface area (Å²) in [7, 11) is 0. The van der Waals surface area contributed by atoms with Crippen LogP contribution in [0.3, 0.4) is 0 Å². The third-order valence-electron chi connectivity index (χ3n) is 6.27. The Morgan fingerprint density at radius 2 is 2.03 bits per heavy atom. The molecule has 0 aliphatic heterocycles. The molecule has 10 heteroatoms. The van der Waals surface area contributed by atoms with E-state index in [4.69, 9.17) is 9.72 Å². The molecule has 8 nitrogen and oxygen atoms in total. The van der Waals surface area contributed by atoms with Gasteiger partial charge < -0.3 is 9.84 Å². The van der Waals surface area contributed by atoms with E-state index in [1.807, 2.05) is 38.1 Å². The van der Waals surface area contributed by atoms with Crippen LogP contribution in [0.1, 0.15) is 41.3 Å². The van der Waals surface area contributed by atoms with Crippen molar-refractivity contribution >= 4 is 45.4 Å². The van der Waals surface area contributed by atoms with Crippen molar-refractivity contribution in [1.29, 1.82) is 0 Å². The van der Waals surface area contributed by atoms with Gasteiger partial charge in [-0.1, -0.05) is 29.5 Å². The number of aryl methyl sites for hydroxylation is 3. The number of rotatable bonds is 8. The third-order valence-corrected chi connectivity index (χ3v) is 8.39. The standard InChI is InChI=1S/C28H28N4O4S2/c1-3-36-22-14-18(10-13-21(22)33)15-29-31-24(34)16-37-28-30-26-25(20-6-4-5-7-23(20)38-26)27(35)32(28)19-11-8-17(2)9-12-19/h8-15,33H,3-7,16H2,1-2H3,(H,31,34). The number of nitrogens with zero attached hydrogens (tertiary/aromatic N) is 3. The number of aromatic nitrogens is 2. The summed E-state index contributed by atoms with van der Waals surface area (Å²) in [5.74, 6) is 0.0982. The van der Waals surface area contributed by atoms with E-state index >= 15 is 0 Å². The highest BCUT2D eigenvalue weighted by Gasteiger charge is 2.23. The van der Waals surface area contributed by atoms with Crippen molar-refractivity contribution in [2.45, 2.75) is 44.7 Å². The molecule has 1 aliphatic rings. The summed E-state index contributed by atoms with van der Waals surface area (Å²) in [5.41, 5.74) is 6.06. The first-order chi connectivity index (χ1) is 18.4. The van der Waals surface area contributed by atoms with Crippen LogP contribution < -0.4 is 15.7 Å². The smallest absolute Gasteiger partial charge is 0.267 e. The van der Waals surface area contributed by atoms with Gasteiger partial charge in [0.1, 0.15) is 4.83 Å². The molecule has 0 atom stereocenters. The maximum Gasteiger partial charge on any atom is 0.267 e. The number of hydrogen-bond donors (Lipinski definition) is 2. The van der Waals surface area contributed by atoms with Gasteiger partial charge in [0, 0.05) is 4.88 Å². The van der Waals surface area contributed by atoms with Crippen molar-refractivity contribution in [2.75, 3.05) is 12.4 Å². The van der Waals surface area contributed by atoms with Crippen LogP contribution in [0.5, 0.6) is 11.5 Å². The number of carbonyl (C=O) groups is 1. The molecular formula is C28H28N4O4S2. The summed E-state index contributed by atoms with van der Waals surface area (Å²) in [4.78, 5) is 33.3. The lowest BCUT2D eigenvalue weighted by Crippen LogP contribution is -2.24. The number of hydrogen-bond acceptors (Lipinski definition) is 8. The van der Waals surface area contributed by atoms with E-state index in [9.17, 15) is 14.7 Å². The molecule has 5 rings (SSSR count). The van der Waals surface area contributed by atoms with Gasteiger partial charge in [-0.2, -0.15) is 5.10 Å². The van der Waals surface area contributed by atoms with E-state index in [-0.39, 0.29) is 23.0 Å². The molecule has 38 heavy (non-hydrogen) atoms. The highest BCUT2D eigenvalue weighted by atomic mass is 32.2. The molecule has 2 heterocycles. The van der Waals surface area contributed by atoms with E-state index < -0.39 is 0 Å². The molecule has 0 saturated heterocycles. The second-order valence-electron chi connectivity index (χ2n) is 9.00. The summed E-state index contributed by atoms with van der Waals surface area (Å²) in [6.45, 7) is 4.25. The van der Waals surface area contributed by atoms with Crippen molar-refractivity contribution in [3.63, 3.8) is 0 Å².